The second-order valence-corrected chi connectivity index (χ2v) is 3.81. The van der Waals surface area contributed by atoms with Gasteiger partial charge in [0.2, 0.25) is 0 Å². The molecule has 5 heteroatoms. The summed E-state index contributed by atoms with van der Waals surface area (Å²) in [6.45, 7) is 1.85. The van der Waals surface area contributed by atoms with E-state index in [2.05, 4.69) is 32.2 Å². The van der Waals surface area contributed by atoms with Crippen LogP contribution in [0.4, 0.5) is 0 Å². The van der Waals surface area contributed by atoms with Crippen LogP contribution in [0.2, 0.25) is 0 Å². The average Bonchev–Trinajstić information content (AvgIpc) is 2.29. The van der Waals surface area contributed by atoms with Gasteiger partial charge in [0.25, 0.3) is 5.91 Å². The summed E-state index contributed by atoms with van der Waals surface area (Å²) in [6.07, 6.45) is 5.96. The lowest BCUT2D eigenvalue weighted by Gasteiger charge is -2.13. The summed E-state index contributed by atoms with van der Waals surface area (Å²) in [6, 6.07) is 3.46. The van der Waals surface area contributed by atoms with Crippen LogP contribution in [-0.2, 0) is 4.79 Å². The standard InChI is InChI=1S/C11H11BrN2O2/c1-3-6-13-11(15)8(2)16-9-4-5-10(12)14-7-9/h1,4-5,7-8H,6H2,2H3,(H,13,15). The van der Waals surface area contributed by atoms with E-state index in [1.165, 1.54) is 6.20 Å². The van der Waals surface area contributed by atoms with E-state index in [9.17, 15) is 4.79 Å². The Morgan fingerprint density at radius 3 is 3.06 bits per heavy atom. The number of carbonyl (C=O) groups excluding carboxylic acids is 1. The van der Waals surface area contributed by atoms with Gasteiger partial charge in [-0.3, -0.25) is 4.79 Å². The molecule has 0 saturated heterocycles. The second kappa shape index (κ2) is 6.13. The fraction of sp³-hybridized carbons (Fsp3) is 0.273. The van der Waals surface area contributed by atoms with Crippen molar-refractivity contribution in [3.05, 3.63) is 22.9 Å². The monoisotopic (exact) mass is 282 g/mol. The number of halogens is 1. The minimum absolute atomic E-state index is 0.200. The van der Waals surface area contributed by atoms with E-state index in [1.807, 2.05) is 0 Å². The molecule has 1 amide bonds. The summed E-state index contributed by atoms with van der Waals surface area (Å²) in [5.41, 5.74) is 0. The van der Waals surface area contributed by atoms with E-state index >= 15 is 0 Å². The molecule has 0 radical (unpaired) electrons. The molecule has 0 aliphatic rings. The number of pyridine rings is 1. The number of carbonyl (C=O) groups is 1. The summed E-state index contributed by atoms with van der Waals surface area (Å²) in [4.78, 5) is 15.4. The molecule has 0 aromatic carbocycles. The zero-order chi connectivity index (χ0) is 12.0. The van der Waals surface area contributed by atoms with Crippen molar-refractivity contribution in [2.75, 3.05) is 6.54 Å². The van der Waals surface area contributed by atoms with Crippen molar-refractivity contribution in [2.24, 2.45) is 0 Å². The molecule has 4 nitrogen and oxygen atoms in total. The molecular weight excluding hydrogens is 272 g/mol. The van der Waals surface area contributed by atoms with Gasteiger partial charge in [0.15, 0.2) is 6.10 Å². The van der Waals surface area contributed by atoms with Crippen LogP contribution in [0.25, 0.3) is 0 Å². The van der Waals surface area contributed by atoms with Gasteiger partial charge in [-0.05, 0) is 35.0 Å². The number of terminal acetylenes is 1. The van der Waals surface area contributed by atoms with E-state index in [0.29, 0.717) is 10.4 Å². The maximum atomic E-state index is 11.4. The smallest absolute Gasteiger partial charge is 0.261 e. The first-order chi connectivity index (χ1) is 7.63. The van der Waals surface area contributed by atoms with Crippen LogP contribution in [-0.4, -0.2) is 23.5 Å². The molecule has 0 bridgehead atoms. The van der Waals surface area contributed by atoms with Gasteiger partial charge < -0.3 is 10.1 Å². The van der Waals surface area contributed by atoms with E-state index in [0.717, 1.165) is 0 Å². The minimum atomic E-state index is -0.601. The third-order valence-electron chi connectivity index (χ3n) is 1.75. The maximum absolute atomic E-state index is 11.4. The minimum Gasteiger partial charge on any atom is -0.479 e. The normalized spacial score (nSPS) is 11.3. The first kappa shape index (κ1) is 12.5. The Labute approximate surface area is 103 Å². The molecule has 1 aromatic heterocycles. The Hall–Kier alpha value is -1.54. The molecule has 1 rings (SSSR count). The molecule has 1 atom stereocenters. The van der Waals surface area contributed by atoms with Crippen molar-refractivity contribution in [3.8, 4) is 18.1 Å². The number of aromatic nitrogens is 1. The van der Waals surface area contributed by atoms with Crippen LogP contribution in [0.15, 0.2) is 22.9 Å². The number of nitrogens with one attached hydrogen (secondary N) is 1. The van der Waals surface area contributed by atoms with Gasteiger partial charge in [0.05, 0.1) is 12.7 Å². The molecule has 84 valence electrons. The highest BCUT2D eigenvalue weighted by atomic mass is 79.9. The number of hydrogen-bond acceptors (Lipinski definition) is 3. The number of rotatable bonds is 4. The Kier molecular flexibility index (Phi) is 4.80. The van der Waals surface area contributed by atoms with Crippen molar-refractivity contribution in [1.82, 2.24) is 10.3 Å². The summed E-state index contributed by atoms with van der Waals surface area (Å²) < 4.78 is 6.08. The quantitative estimate of drug-likeness (QED) is 0.670. The van der Waals surface area contributed by atoms with Crippen molar-refractivity contribution >= 4 is 21.8 Å². The van der Waals surface area contributed by atoms with E-state index in [4.69, 9.17) is 11.2 Å². The molecule has 1 N–H and O–H groups in total. The Morgan fingerprint density at radius 1 is 1.75 bits per heavy atom. The van der Waals surface area contributed by atoms with Crippen molar-refractivity contribution in [1.29, 1.82) is 0 Å². The lowest BCUT2D eigenvalue weighted by molar-refractivity contribution is -0.127. The Morgan fingerprint density at radius 2 is 2.50 bits per heavy atom. The fourth-order valence-corrected chi connectivity index (χ4v) is 1.21. The first-order valence-corrected chi connectivity index (χ1v) is 5.42. The Balaban J connectivity index is 2.51. The second-order valence-electron chi connectivity index (χ2n) is 3.00. The van der Waals surface area contributed by atoms with Crippen LogP contribution in [0.5, 0.6) is 5.75 Å². The van der Waals surface area contributed by atoms with Crippen LogP contribution in [0.3, 0.4) is 0 Å². The summed E-state index contributed by atoms with van der Waals surface area (Å²) >= 11 is 3.21. The van der Waals surface area contributed by atoms with Gasteiger partial charge in [-0.2, -0.15) is 0 Å². The number of amides is 1. The molecule has 0 aliphatic heterocycles. The lowest BCUT2D eigenvalue weighted by atomic mass is 10.3. The van der Waals surface area contributed by atoms with E-state index in [-0.39, 0.29) is 12.5 Å². The maximum Gasteiger partial charge on any atom is 0.261 e. The first-order valence-electron chi connectivity index (χ1n) is 4.63. The van der Waals surface area contributed by atoms with Gasteiger partial charge in [-0.1, -0.05) is 5.92 Å². The largest absolute Gasteiger partial charge is 0.479 e. The molecule has 0 fully saturated rings. The summed E-state index contributed by atoms with van der Waals surface area (Å²) in [7, 11) is 0. The van der Waals surface area contributed by atoms with Crippen LogP contribution >= 0.6 is 15.9 Å². The highest BCUT2D eigenvalue weighted by molar-refractivity contribution is 9.10. The van der Waals surface area contributed by atoms with Crippen molar-refractivity contribution in [3.63, 3.8) is 0 Å². The Bertz CT molecular complexity index is 397. The van der Waals surface area contributed by atoms with Crippen LogP contribution in [0, 0.1) is 12.3 Å². The number of hydrogen-bond donors (Lipinski definition) is 1. The van der Waals surface area contributed by atoms with Crippen LogP contribution < -0.4 is 10.1 Å². The van der Waals surface area contributed by atoms with Gasteiger partial charge in [-0.15, -0.1) is 6.42 Å². The number of ether oxygens (including phenoxy) is 1. The predicted molar refractivity (Wildman–Crippen MR) is 63.9 cm³/mol. The fourth-order valence-electron chi connectivity index (χ4n) is 0.971. The van der Waals surface area contributed by atoms with Crippen LogP contribution in [0.1, 0.15) is 6.92 Å². The third kappa shape index (κ3) is 3.91. The highest BCUT2D eigenvalue weighted by Crippen LogP contribution is 2.14. The average molecular weight is 283 g/mol. The van der Waals surface area contributed by atoms with E-state index < -0.39 is 6.10 Å². The van der Waals surface area contributed by atoms with Crippen molar-refractivity contribution < 1.29 is 9.53 Å². The zero-order valence-electron chi connectivity index (χ0n) is 8.74. The number of nitrogens with zero attached hydrogens (tertiary/aromatic N) is 1. The van der Waals surface area contributed by atoms with Gasteiger partial charge in [0.1, 0.15) is 10.4 Å². The van der Waals surface area contributed by atoms with Crippen molar-refractivity contribution in [2.45, 2.75) is 13.0 Å². The molecule has 1 heterocycles. The molecule has 0 aliphatic carbocycles. The SMILES string of the molecule is C#CCNC(=O)C(C)Oc1ccc(Br)nc1. The molecule has 0 saturated carbocycles. The highest BCUT2D eigenvalue weighted by Gasteiger charge is 2.13. The lowest BCUT2D eigenvalue weighted by Crippen LogP contribution is -2.36. The van der Waals surface area contributed by atoms with E-state index in [1.54, 1.807) is 19.1 Å². The summed E-state index contributed by atoms with van der Waals surface area (Å²) in [5, 5.41) is 2.53. The third-order valence-corrected chi connectivity index (χ3v) is 2.22. The van der Waals surface area contributed by atoms with Gasteiger partial charge >= 0.3 is 0 Å². The molecule has 0 spiro atoms. The molecule has 1 aromatic rings. The molecule has 16 heavy (non-hydrogen) atoms. The topological polar surface area (TPSA) is 51.2 Å². The molecule has 1 unspecified atom stereocenters. The molecular formula is C11H11BrN2O2. The van der Waals surface area contributed by atoms with Gasteiger partial charge in [-0.25, -0.2) is 4.98 Å². The predicted octanol–water partition coefficient (Wildman–Crippen LogP) is 1.36. The zero-order valence-corrected chi connectivity index (χ0v) is 10.3. The van der Waals surface area contributed by atoms with Gasteiger partial charge in [0, 0.05) is 0 Å². The summed E-state index contributed by atoms with van der Waals surface area (Å²) in [5.74, 6) is 2.60.